The van der Waals surface area contributed by atoms with Crippen molar-refractivity contribution >= 4 is 5.82 Å². The summed E-state index contributed by atoms with van der Waals surface area (Å²) in [6.07, 6.45) is 3.60. The molecule has 1 aliphatic rings. The maximum atomic E-state index is 8.74. The summed E-state index contributed by atoms with van der Waals surface area (Å²) in [6.45, 7) is 3.65. The Balaban J connectivity index is 1.95. The number of aliphatic hydroxyl groups excluding tert-OH is 1. The minimum absolute atomic E-state index is 0.241. The van der Waals surface area contributed by atoms with Crippen LogP contribution in [0.25, 0.3) is 0 Å². The largest absolute Gasteiger partial charge is 0.396 e. The van der Waals surface area contributed by atoms with E-state index in [1.807, 2.05) is 6.20 Å². The van der Waals surface area contributed by atoms with Crippen molar-refractivity contribution in [2.24, 2.45) is 0 Å². The van der Waals surface area contributed by atoms with Crippen LogP contribution < -0.4 is 4.90 Å². The van der Waals surface area contributed by atoms with E-state index in [0.717, 1.165) is 45.0 Å². The molecule has 0 amide bonds. The first-order valence-corrected chi connectivity index (χ1v) is 5.78. The molecule has 0 atom stereocenters. The second-order valence-electron chi connectivity index (χ2n) is 3.95. The second-order valence-corrected chi connectivity index (χ2v) is 3.95. The van der Waals surface area contributed by atoms with Gasteiger partial charge in [-0.2, -0.15) is 0 Å². The Kier molecular flexibility index (Phi) is 4.13. The van der Waals surface area contributed by atoms with Gasteiger partial charge in [-0.25, -0.2) is 4.98 Å². The number of ether oxygens (including phenoxy) is 1. The number of aromatic nitrogens is 1. The fourth-order valence-corrected chi connectivity index (χ4v) is 1.83. The van der Waals surface area contributed by atoms with Crippen LogP contribution in [0, 0.1) is 0 Å². The van der Waals surface area contributed by atoms with Crippen molar-refractivity contribution in [3.8, 4) is 0 Å². The van der Waals surface area contributed by atoms with Gasteiger partial charge in [0.05, 0.1) is 13.2 Å². The van der Waals surface area contributed by atoms with E-state index in [-0.39, 0.29) is 6.61 Å². The highest BCUT2D eigenvalue weighted by atomic mass is 16.5. The maximum absolute atomic E-state index is 8.74. The molecular weight excluding hydrogens is 204 g/mol. The Labute approximate surface area is 95.9 Å². The summed E-state index contributed by atoms with van der Waals surface area (Å²) in [5.74, 6) is 1.02. The lowest BCUT2D eigenvalue weighted by atomic mass is 10.1. The topological polar surface area (TPSA) is 45.6 Å². The van der Waals surface area contributed by atoms with Crippen LogP contribution in [0.4, 0.5) is 5.82 Å². The Morgan fingerprint density at radius 1 is 1.31 bits per heavy atom. The molecule has 1 aromatic heterocycles. The number of anilines is 1. The fraction of sp³-hybridized carbons (Fsp3) is 0.583. The van der Waals surface area contributed by atoms with Crippen molar-refractivity contribution in [1.82, 2.24) is 4.98 Å². The second kappa shape index (κ2) is 5.82. The van der Waals surface area contributed by atoms with E-state index in [9.17, 15) is 0 Å². The standard InChI is InChI=1S/C12H18N2O2/c15-7-1-2-11-3-4-12(13-10-11)14-5-8-16-9-6-14/h3-4,10,15H,1-2,5-9H2. The van der Waals surface area contributed by atoms with Crippen molar-refractivity contribution in [3.63, 3.8) is 0 Å². The highest BCUT2D eigenvalue weighted by Crippen LogP contribution is 2.13. The molecule has 16 heavy (non-hydrogen) atoms. The van der Waals surface area contributed by atoms with E-state index >= 15 is 0 Å². The first kappa shape index (κ1) is 11.4. The molecular formula is C12H18N2O2. The fourth-order valence-electron chi connectivity index (χ4n) is 1.83. The predicted molar refractivity (Wildman–Crippen MR) is 62.7 cm³/mol. The van der Waals surface area contributed by atoms with Gasteiger partial charge < -0.3 is 14.7 Å². The summed E-state index contributed by atoms with van der Waals surface area (Å²) in [5.41, 5.74) is 1.19. The van der Waals surface area contributed by atoms with Crippen LogP contribution in [-0.4, -0.2) is 43.0 Å². The first-order valence-electron chi connectivity index (χ1n) is 5.78. The molecule has 1 fully saturated rings. The van der Waals surface area contributed by atoms with E-state index in [1.54, 1.807) is 0 Å². The summed E-state index contributed by atoms with van der Waals surface area (Å²) in [5, 5.41) is 8.74. The molecule has 2 rings (SSSR count). The molecule has 0 spiro atoms. The van der Waals surface area contributed by atoms with Crippen molar-refractivity contribution in [2.75, 3.05) is 37.8 Å². The lowest BCUT2D eigenvalue weighted by molar-refractivity contribution is 0.122. The van der Waals surface area contributed by atoms with Crippen molar-refractivity contribution in [2.45, 2.75) is 12.8 Å². The third-order valence-electron chi connectivity index (χ3n) is 2.77. The van der Waals surface area contributed by atoms with E-state index in [1.165, 1.54) is 5.56 Å². The summed E-state index contributed by atoms with van der Waals surface area (Å²) < 4.78 is 5.30. The van der Waals surface area contributed by atoms with Gasteiger partial charge in [0.1, 0.15) is 5.82 Å². The van der Waals surface area contributed by atoms with Gasteiger partial charge in [-0.3, -0.25) is 0 Å². The zero-order valence-corrected chi connectivity index (χ0v) is 9.43. The third kappa shape index (κ3) is 2.93. The molecule has 1 aliphatic heterocycles. The minimum Gasteiger partial charge on any atom is -0.396 e. The lowest BCUT2D eigenvalue weighted by Gasteiger charge is -2.27. The van der Waals surface area contributed by atoms with Crippen molar-refractivity contribution in [1.29, 1.82) is 0 Å². The molecule has 1 aromatic rings. The third-order valence-corrected chi connectivity index (χ3v) is 2.77. The zero-order chi connectivity index (χ0) is 11.2. The molecule has 0 unspecified atom stereocenters. The maximum Gasteiger partial charge on any atom is 0.128 e. The van der Waals surface area contributed by atoms with Crippen LogP contribution in [0.15, 0.2) is 18.3 Å². The van der Waals surface area contributed by atoms with Crippen LogP contribution >= 0.6 is 0 Å². The highest BCUT2D eigenvalue weighted by Gasteiger charge is 2.11. The number of aryl methyl sites for hydroxylation is 1. The van der Waals surface area contributed by atoms with Crippen LogP contribution in [0.2, 0.25) is 0 Å². The molecule has 4 nitrogen and oxygen atoms in total. The molecule has 0 bridgehead atoms. The number of hydrogen-bond acceptors (Lipinski definition) is 4. The zero-order valence-electron chi connectivity index (χ0n) is 9.43. The Hall–Kier alpha value is -1.13. The summed E-state index contributed by atoms with van der Waals surface area (Å²) in [6, 6.07) is 4.14. The molecule has 0 aromatic carbocycles. The Morgan fingerprint density at radius 2 is 2.12 bits per heavy atom. The van der Waals surface area contributed by atoms with E-state index in [4.69, 9.17) is 9.84 Å². The van der Waals surface area contributed by atoms with Gasteiger partial charge in [0.25, 0.3) is 0 Å². The van der Waals surface area contributed by atoms with E-state index < -0.39 is 0 Å². The summed E-state index contributed by atoms with van der Waals surface area (Å²) in [4.78, 5) is 6.68. The molecule has 0 saturated carbocycles. The van der Waals surface area contributed by atoms with Gasteiger partial charge in [0.2, 0.25) is 0 Å². The van der Waals surface area contributed by atoms with Gasteiger partial charge in [-0.05, 0) is 24.5 Å². The number of morpholine rings is 1. The SMILES string of the molecule is OCCCc1ccc(N2CCOCC2)nc1. The number of nitrogens with zero attached hydrogens (tertiary/aromatic N) is 2. The Bertz CT molecular complexity index is 307. The molecule has 1 saturated heterocycles. The smallest absolute Gasteiger partial charge is 0.128 e. The van der Waals surface area contributed by atoms with Crippen molar-refractivity contribution < 1.29 is 9.84 Å². The average molecular weight is 222 g/mol. The average Bonchev–Trinajstić information content (AvgIpc) is 2.38. The summed E-state index contributed by atoms with van der Waals surface area (Å²) >= 11 is 0. The molecule has 2 heterocycles. The van der Waals surface area contributed by atoms with Crippen LogP contribution in [-0.2, 0) is 11.2 Å². The first-order chi connectivity index (χ1) is 7.90. The molecule has 0 aliphatic carbocycles. The van der Waals surface area contributed by atoms with Crippen LogP contribution in [0.5, 0.6) is 0 Å². The normalized spacial score (nSPS) is 16.4. The number of pyridine rings is 1. The lowest BCUT2D eigenvalue weighted by Crippen LogP contribution is -2.36. The molecule has 88 valence electrons. The van der Waals surface area contributed by atoms with Crippen LogP contribution in [0.1, 0.15) is 12.0 Å². The van der Waals surface area contributed by atoms with Gasteiger partial charge in [-0.15, -0.1) is 0 Å². The predicted octanol–water partition coefficient (Wildman–Crippen LogP) is 0.843. The Morgan fingerprint density at radius 3 is 2.75 bits per heavy atom. The van der Waals surface area contributed by atoms with Gasteiger partial charge in [0, 0.05) is 25.9 Å². The summed E-state index contributed by atoms with van der Waals surface area (Å²) in [7, 11) is 0. The monoisotopic (exact) mass is 222 g/mol. The number of aliphatic hydroxyl groups is 1. The van der Waals surface area contributed by atoms with Gasteiger partial charge in [-0.1, -0.05) is 6.07 Å². The van der Waals surface area contributed by atoms with Gasteiger partial charge in [0.15, 0.2) is 0 Å². The van der Waals surface area contributed by atoms with E-state index in [0.29, 0.717) is 0 Å². The van der Waals surface area contributed by atoms with Crippen LogP contribution in [0.3, 0.4) is 0 Å². The molecule has 1 N–H and O–H groups in total. The number of rotatable bonds is 4. The van der Waals surface area contributed by atoms with E-state index in [2.05, 4.69) is 22.0 Å². The minimum atomic E-state index is 0.241. The van der Waals surface area contributed by atoms with Gasteiger partial charge >= 0.3 is 0 Å². The number of hydrogen-bond donors (Lipinski definition) is 1. The quantitative estimate of drug-likeness (QED) is 0.820. The highest BCUT2D eigenvalue weighted by molar-refractivity contribution is 5.39. The molecule has 0 radical (unpaired) electrons. The molecule has 4 heteroatoms. The van der Waals surface area contributed by atoms with Crippen molar-refractivity contribution in [3.05, 3.63) is 23.9 Å².